The van der Waals surface area contributed by atoms with E-state index in [1.54, 1.807) is 0 Å². The van der Waals surface area contributed by atoms with Crippen molar-refractivity contribution in [2.24, 2.45) is 10.7 Å². The van der Waals surface area contributed by atoms with Crippen LogP contribution in [-0.2, 0) is 17.8 Å². The lowest BCUT2D eigenvalue weighted by Gasteiger charge is -2.27. The molecule has 2 saturated heterocycles. The van der Waals surface area contributed by atoms with Gasteiger partial charge in [-0.3, -0.25) is 4.90 Å². The van der Waals surface area contributed by atoms with Gasteiger partial charge in [-0.15, -0.1) is 0 Å². The Balaban J connectivity index is 1.56. The number of ether oxygens (including phenoxy) is 1. The second kappa shape index (κ2) is 9.04. The molecule has 2 heterocycles. The molecule has 5 nitrogen and oxygen atoms in total. The van der Waals surface area contributed by atoms with E-state index in [-0.39, 0.29) is 0 Å². The minimum Gasteiger partial charge on any atom is -0.378 e. The summed E-state index contributed by atoms with van der Waals surface area (Å²) in [7, 11) is 0. The molecule has 132 valence electrons. The number of guanidine groups is 1. The van der Waals surface area contributed by atoms with Crippen molar-refractivity contribution in [2.75, 3.05) is 39.4 Å². The van der Waals surface area contributed by atoms with Gasteiger partial charge >= 0.3 is 0 Å². The van der Waals surface area contributed by atoms with Crippen LogP contribution in [0.4, 0.5) is 0 Å². The maximum atomic E-state index is 6.11. The highest BCUT2D eigenvalue weighted by molar-refractivity contribution is 5.78. The summed E-state index contributed by atoms with van der Waals surface area (Å²) in [6.07, 6.45) is 5.43. The molecule has 1 aromatic rings. The molecule has 2 N–H and O–H groups in total. The molecule has 0 aliphatic carbocycles. The molecule has 1 aromatic carbocycles. The van der Waals surface area contributed by atoms with Gasteiger partial charge < -0.3 is 15.4 Å². The zero-order chi connectivity index (χ0) is 16.6. The van der Waals surface area contributed by atoms with Crippen molar-refractivity contribution in [3.05, 3.63) is 35.4 Å². The number of morpholine rings is 1. The largest absolute Gasteiger partial charge is 0.378 e. The fraction of sp³-hybridized carbons (Fsp3) is 0.632. The second-order valence-electron chi connectivity index (χ2n) is 6.78. The van der Waals surface area contributed by atoms with Gasteiger partial charge in [-0.25, -0.2) is 4.99 Å². The number of aliphatic imine (C=N–C) groups is 1. The van der Waals surface area contributed by atoms with Crippen molar-refractivity contribution in [3.63, 3.8) is 0 Å². The van der Waals surface area contributed by atoms with Crippen molar-refractivity contribution in [2.45, 2.75) is 38.8 Å². The van der Waals surface area contributed by atoms with Gasteiger partial charge in [-0.2, -0.15) is 0 Å². The van der Waals surface area contributed by atoms with Crippen LogP contribution in [0.25, 0.3) is 0 Å². The summed E-state index contributed by atoms with van der Waals surface area (Å²) in [5.41, 5.74) is 8.73. The van der Waals surface area contributed by atoms with E-state index >= 15 is 0 Å². The average Bonchev–Trinajstić information content (AvgIpc) is 2.89. The summed E-state index contributed by atoms with van der Waals surface area (Å²) in [5.74, 6) is 0.635. The molecule has 0 unspecified atom stereocenters. The van der Waals surface area contributed by atoms with E-state index in [4.69, 9.17) is 10.5 Å². The van der Waals surface area contributed by atoms with Crippen molar-refractivity contribution >= 4 is 5.96 Å². The van der Waals surface area contributed by atoms with Gasteiger partial charge in [0.25, 0.3) is 0 Å². The molecule has 0 amide bonds. The molecule has 5 heteroatoms. The lowest BCUT2D eigenvalue weighted by molar-refractivity contribution is 0.0674. The standard InChI is InChI=1S/C19H30N4O/c20-19(23-10-12-24-13-11-23)21-15-17-6-5-7-18(14-17)16-22-8-3-1-2-4-9-22/h5-7,14H,1-4,8-13,15-16H2,(H2,20,21). The molecule has 24 heavy (non-hydrogen) atoms. The summed E-state index contributed by atoms with van der Waals surface area (Å²) in [5, 5.41) is 0. The smallest absolute Gasteiger partial charge is 0.191 e. The lowest BCUT2D eigenvalue weighted by Crippen LogP contribution is -2.44. The van der Waals surface area contributed by atoms with Gasteiger partial charge in [0.05, 0.1) is 19.8 Å². The molecule has 0 radical (unpaired) electrons. The first kappa shape index (κ1) is 17.2. The Morgan fingerprint density at radius 3 is 2.46 bits per heavy atom. The minimum absolute atomic E-state index is 0.635. The van der Waals surface area contributed by atoms with Gasteiger partial charge in [-0.1, -0.05) is 37.1 Å². The summed E-state index contributed by atoms with van der Waals surface area (Å²) in [6, 6.07) is 8.79. The molecule has 0 atom stereocenters. The van der Waals surface area contributed by atoms with Crippen LogP contribution in [0.1, 0.15) is 36.8 Å². The normalized spacial score (nSPS) is 20.8. The highest BCUT2D eigenvalue weighted by atomic mass is 16.5. The van der Waals surface area contributed by atoms with Crippen molar-refractivity contribution in [3.8, 4) is 0 Å². The van der Waals surface area contributed by atoms with E-state index in [9.17, 15) is 0 Å². The highest BCUT2D eigenvalue weighted by Gasteiger charge is 2.12. The average molecular weight is 330 g/mol. The van der Waals surface area contributed by atoms with Gasteiger partial charge in [0.1, 0.15) is 0 Å². The van der Waals surface area contributed by atoms with Gasteiger partial charge in [0, 0.05) is 19.6 Å². The van der Waals surface area contributed by atoms with Gasteiger partial charge in [-0.05, 0) is 37.1 Å². The SMILES string of the molecule is NC(=NCc1cccc(CN2CCCCCC2)c1)N1CCOCC1. The van der Waals surface area contributed by atoms with Gasteiger partial charge in [0.2, 0.25) is 0 Å². The Bertz CT molecular complexity index is 532. The molecular weight excluding hydrogens is 300 g/mol. The minimum atomic E-state index is 0.635. The van der Waals surface area contributed by atoms with Crippen LogP contribution >= 0.6 is 0 Å². The third-order valence-corrected chi connectivity index (χ3v) is 4.85. The van der Waals surface area contributed by atoms with Crippen LogP contribution in [0.15, 0.2) is 29.3 Å². The van der Waals surface area contributed by atoms with Crippen molar-refractivity contribution in [1.82, 2.24) is 9.80 Å². The third-order valence-electron chi connectivity index (χ3n) is 4.85. The molecule has 0 bridgehead atoms. The number of nitrogens with two attached hydrogens (primary N) is 1. The molecule has 2 fully saturated rings. The zero-order valence-corrected chi connectivity index (χ0v) is 14.6. The first-order chi connectivity index (χ1) is 11.8. The van der Waals surface area contributed by atoms with Gasteiger partial charge in [0.15, 0.2) is 5.96 Å². The number of benzene rings is 1. The first-order valence-corrected chi connectivity index (χ1v) is 9.24. The molecule has 0 spiro atoms. The van der Waals surface area contributed by atoms with Crippen LogP contribution in [0.2, 0.25) is 0 Å². The number of rotatable bonds is 4. The third kappa shape index (κ3) is 5.21. The van der Waals surface area contributed by atoms with E-state index in [2.05, 4.69) is 39.1 Å². The van der Waals surface area contributed by atoms with E-state index in [0.29, 0.717) is 12.5 Å². The van der Waals surface area contributed by atoms with Crippen LogP contribution in [0.5, 0.6) is 0 Å². The Labute approximate surface area is 145 Å². The maximum absolute atomic E-state index is 6.11. The number of nitrogens with zero attached hydrogens (tertiary/aromatic N) is 3. The monoisotopic (exact) mass is 330 g/mol. The Hall–Kier alpha value is -1.59. The van der Waals surface area contributed by atoms with Crippen molar-refractivity contribution in [1.29, 1.82) is 0 Å². The molecular formula is C19H30N4O. The van der Waals surface area contributed by atoms with Crippen LogP contribution in [0, 0.1) is 0 Å². The highest BCUT2D eigenvalue weighted by Crippen LogP contribution is 2.14. The summed E-state index contributed by atoms with van der Waals surface area (Å²) >= 11 is 0. The fourth-order valence-corrected chi connectivity index (χ4v) is 3.44. The summed E-state index contributed by atoms with van der Waals surface area (Å²) < 4.78 is 5.35. The Kier molecular flexibility index (Phi) is 6.49. The first-order valence-electron chi connectivity index (χ1n) is 9.24. The molecule has 0 aromatic heterocycles. The van der Waals surface area contributed by atoms with E-state index in [0.717, 1.165) is 32.8 Å². The Morgan fingerprint density at radius 2 is 1.71 bits per heavy atom. The van der Waals surface area contributed by atoms with Crippen LogP contribution < -0.4 is 5.73 Å². The second-order valence-corrected chi connectivity index (χ2v) is 6.78. The molecule has 3 rings (SSSR count). The van der Waals surface area contributed by atoms with Crippen LogP contribution in [0.3, 0.4) is 0 Å². The van der Waals surface area contributed by atoms with E-state index in [1.807, 2.05) is 0 Å². The number of hydrogen-bond acceptors (Lipinski definition) is 3. The predicted molar refractivity (Wildman–Crippen MR) is 97.9 cm³/mol. The van der Waals surface area contributed by atoms with E-state index < -0.39 is 0 Å². The van der Waals surface area contributed by atoms with Crippen molar-refractivity contribution < 1.29 is 4.74 Å². The molecule has 2 aliphatic rings. The molecule has 2 aliphatic heterocycles. The predicted octanol–water partition coefficient (Wildman–Crippen LogP) is 2.21. The van der Waals surface area contributed by atoms with E-state index in [1.165, 1.54) is 49.9 Å². The lowest BCUT2D eigenvalue weighted by atomic mass is 10.1. The molecule has 0 saturated carbocycles. The fourth-order valence-electron chi connectivity index (χ4n) is 3.44. The number of hydrogen-bond donors (Lipinski definition) is 1. The van der Waals surface area contributed by atoms with Crippen LogP contribution in [-0.4, -0.2) is 55.2 Å². The quantitative estimate of drug-likeness (QED) is 0.679. The summed E-state index contributed by atoms with van der Waals surface area (Å²) in [4.78, 5) is 9.25. The maximum Gasteiger partial charge on any atom is 0.191 e. The summed E-state index contributed by atoms with van der Waals surface area (Å²) in [6.45, 7) is 7.31. The zero-order valence-electron chi connectivity index (χ0n) is 14.6. The topological polar surface area (TPSA) is 54.1 Å². The number of likely N-dealkylation sites (tertiary alicyclic amines) is 1. The Morgan fingerprint density at radius 1 is 1.00 bits per heavy atom.